The molecule has 2 rings (SSSR count). The molecule has 0 spiro atoms. The molecule has 0 aromatic carbocycles. The molecule has 2 aliphatic rings. The molecular weight excluding hydrogens is 370 g/mol. The van der Waals surface area contributed by atoms with Gasteiger partial charge >= 0.3 is 11.9 Å². The zero-order valence-corrected chi connectivity index (χ0v) is 16.0. The van der Waals surface area contributed by atoms with Gasteiger partial charge in [-0.25, -0.2) is 4.79 Å². The number of hydrogen-bond donors (Lipinski definition) is 0. The minimum absolute atomic E-state index is 0.0456. The van der Waals surface area contributed by atoms with Crippen molar-refractivity contribution in [3.63, 3.8) is 0 Å². The van der Waals surface area contributed by atoms with Gasteiger partial charge in [0, 0.05) is 11.3 Å². The third kappa shape index (κ3) is 4.00. The Morgan fingerprint density at radius 3 is 2.40 bits per heavy atom. The van der Waals surface area contributed by atoms with E-state index in [1.807, 2.05) is 0 Å². The smallest absolute Gasteiger partial charge is 0.358 e. The van der Waals surface area contributed by atoms with Crippen molar-refractivity contribution in [3.05, 3.63) is 10.6 Å². The summed E-state index contributed by atoms with van der Waals surface area (Å²) >= 11 is 7.16. The van der Waals surface area contributed by atoms with Crippen LogP contribution < -0.4 is 0 Å². The number of rotatable bonds is 6. The first-order valence-corrected chi connectivity index (χ1v) is 9.12. The summed E-state index contributed by atoms with van der Waals surface area (Å²) in [6.07, 6.45) is 0.133. The van der Waals surface area contributed by atoms with Crippen molar-refractivity contribution >= 4 is 47.0 Å². The highest BCUT2D eigenvalue weighted by molar-refractivity contribution is 8.04. The van der Waals surface area contributed by atoms with E-state index >= 15 is 0 Å². The van der Waals surface area contributed by atoms with Crippen LogP contribution in [-0.4, -0.2) is 46.6 Å². The molecule has 0 radical (unpaired) electrons. The maximum Gasteiger partial charge on any atom is 0.358 e. The third-order valence-electron chi connectivity index (χ3n) is 3.74. The SMILES string of the molecule is CC(=O)C[C@@H]1C(=O)N2C(C(=O)OCOC(=O)C(C)(C)C)=C(CCl)S[C@H]12. The second kappa shape index (κ2) is 7.37. The van der Waals surface area contributed by atoms with Crippen molar-refractivity contribution in [2.24, 2.45) is 11.3 Å². The minimum atomic E-state index is -0.776. The molecule has 2 atom stereocenters. The number of ether oxygens (including phenoxy) is 2. The van der Waals surface area contributed by atoms with E-state index in [0.717, 1.165) is 0 Å². The van der Waals surface area contributed by atoms with Crippen molar-refractivity contribution in [2.45, 2.75) is 39.5 Å². The number of β-lactam (4-membered cyclic amide) rings is 1. The molecule has 1 saturated heterocycles. The lowest BCUT2D eigenvalue weighted by Gasteiger charge is -2.42. The Hall–Kier alpha value is -1.54. The van der Waals surface area contributed by atoms with E-state index in [4.69, 9.17) is 21.1 Å². The molecule has 2 aliphatic heterocycles. The zero-order valence-electron chi connectivity index (χ0n) is 14.5. The van der Waals surface area contributed by atoms with Crippen LogP contribution in [0.3, 0.4) is 0 Å². The number of halogens is 1. The molecule has 0 N–H and O–H groups in total. The van der Waals surface area contributed by atoms with Crippen LogP contribution in [0.25, 0.3) is 0 Å². The molecule has 9 heteroatoms. The van der Waals surface area contributed by atoms with Crippen molar-refractivity contribution in [1.82, 2.24) is 4.90 Å². The number of thioether (sulfide) groups is 1. The first kappa shape index (κ1) is 19.8. The van der Waals surface area contributed by atoms with Crippen LogP contribution in [0.5, 0.6) is 0 Å². The number of carbonyl (C=O) groups excluding carboxylic acids is 4. The van der Waals surface area contributed by atoms with Gasteiger partial charge in [0.05, 0.1) is 22.6 Å². The van der Waals surface area contributed by atoms with Crippen LogP contribution in [0.2, 0.25) is 0 Å². The van der Waals surface area contributed by atoms with Gasteiger partial charge in [0.1, 0.15) is 11.5 Å². The second-order valence-electron chi connectivity index (χ2n) is 6.87. The van der Waals surface area contributed by atoms with E-state index in [-0.39, 0.29) is 35.1 Å². The maximum atomic E-state index is 12.3. The molecule has 0 aliphatic carbocycles. The van der Waals surface area contributed by atoms with E-state index < -0.39 is 30.1 Å². The molecule has 0 bridgehead atoms. The Labute approximate surface area is 155 Å². The van der Waals surface area contributed by atoms with Crippen LogP contribution in [0.15, 0.2) is 10.6 Å². The highest BCUT2D eigenvalue weighted by Gasteiger charge is 2.56. The summed E-state index contributed by atoms with van der Waals surface area (Å²) in [7, 11) is 0. The van der Waals surface area contributed by atoms with Gasteiger partial charge in [0.2, 0.25) is 12.7 Å². The summed E-state index contributed by atoms with van der Waals surface area (Å²) in [5, 5.41) is -0.315. The topological polar surface area (TPSA) is 90.0 Å². The number of esters is 2. The van der Waals surface area contributed by atoms with Gasteiger partial charge in [-0.15, -0.1) is 23.4 Å². The van der Waals surface area contributed by atoms with Gasteiger partial charge in [-0.05, 0) is 27.7 Å². The fourth-order valence-corrected chi connectivity index (χ4v) is 4.11. The molecule has 0 unspecified atom stereocenters. The zero-order chi connectivity index (χ0) is 18.9. The first-order valence-electron chi connectivity index (χ1n) is 7.70. The van der Waals surface area contributed by atoms with Crippen molar-refractivity contribution in [2.75, 3.05) is 12.7 Å². The molecule has 0 saturated carbocycles. The van der Waals surface area contributed by atoms with Crippen LogP contribution in [0.4, 0.5) is 0 Å². The molecular formula is C16H20ClNO6S. The Morgan fingerprint density at radius 2 is 1.88 bits per heavy atom. The number of carbonyl (C=O) groups is 4. The lowest BCUT2D eigenvalue weighted by Crippen LogP contribution is -2.57. The number of alkyl halides is 1. The Balaban J connectivity index is 2.00. The van der Waals surface area contributed by atoms with Gasteiger partial charge in [-0.1, -0.05) is 0 Å². The number of allylic oxidation sites excluding steroid dienone is 1. The summed E-state index contributed by atoms with van der Waals surface area (Å²) in [5.74, 6) is -2.08. The van der Waals surface area contributed by atoms with Crippen LogP contribution in [0, 0.1) is 11.3 Å². The largest absolute Gasteiger partial charge is 0.427 e. The number of Topliss-reactive ketones (excluding diaryl/α,β-unsaturated/α-hetero) is 1. The molecule has 1 fully saturated rings. The Bertz CT molecular complexity index is 654. The fourth-order valence-electron chi connectivity index (χ4n) is 2.46. The summed E-state index contributed by atoms with van der Waals surface area (Å²) < 4.78 is 9.86. The molecule has 0 aromatic rings. The summed E-state index contributed by atoms with van der Waals surface area (Å²) in [6, 6.07) is 0. The van der Waals surface area contributed by atoms with Gasteiger partial charge in [0.25, 0.3) is 0 Å². The fraction of sp³-hybridized carbons (Fsp3) is 0.625. The van der Waals surface area contributed by atoms with Gasteiger partial charge in [0.15, 0.2) is 0 Å². The monoisotopic (exact) mass is 389 g/mol. The highest BCUT2D eigenvalue weighted by atomic mass is 35.5. The number of amides is 1. The van der Waals surface area contributed by atoms with Crippen LogP contribution in [-0.2, 0) is 28.7 Å². The van der Waals surface area contributed by atoms with E-state index in [2.05, 4.69) is 0 Å². The molecule has 7 nitrogen and oxygen atoms in total. The van der Waals surface area contributed by atoms with E-state index in [1.165, 1.54) is 23.6 Å². The molecule has 1 amide bonds. The van der Waals surface area contributed by atoms with Crippen molar-refractivity contribution in [1.29, 1.82) is 0 Å². The standard InChI is InChI=1S/C16H20ClNO6S/c1-8(19)5-9-12(20)18-11(10(6-17)25-13(9)18)14(21)23-7-24-15(22)16(2,3)4/h9,13H,5-7H2,1-4H3/t9-,13-/m1/s1. The van der Waals surface area contributed by atoms with Crippen molar-refractivity contribution in [3.8, 4) is 0 Å². The van der Waals surface area contributed by atoms with E-state index in [9.17, 15) is 19.2 Å². The molecule has 2 heterocycles. The minimum Gasteiger partial charge on any atom is -0.427 e. The van der Waals surface area contributed by atoms with Gasteiger partial charge in [-0.2, -0.15) is 0 Å². The molecule has 138 valence electrons. The third-order valence-corrected chi connectivity index (χ3v) is 5.56. The average molecular weight is 390 g/mol. The lowest BCUT2D eigenvalue weighted by molar-refractivity contribution is -0.173. The van der Waals surface area contributed by atoms with E-state index in [1.54, 1.807) is 20.8 Å². The number of hydrogen-bond acceptors (Lipinski definition) is 7. The number of nitrogens with zero attached hydrogens (tertiary/aromatic N) is 1. The Kier molecular flexibility index (Phi) is 5.83. The normalized spacial score (nSPS) is 22.4. The summed E-state index contributed by atoms with van der Waals surface area (Å²) in [6.45, 7) is 5.92. The predicted molar refractivity (Wildman–Crippen MR) is 91.3 cm³/mol. The highest BCUT2D eigenvalue weighted by Crippen LogP contribution is 2.50. The second-order valence-corrected chi connectivity index (χ2v) is 8.34. The Morgan fingerprint density at radius 1 is 1.24 bits per heavy atom. The summed E-state index contributed by atoms with van der Waals surface area (Å²) in [4.78, 5) is 49.3. The van der Waals surface area contributed by atoms with Crippen molar-refractivity contribution < 1.29 is 28.7 Å². The number of ketones is 1. The van der Waals surface area contributed by atoms with Crippen LogP contribution in [0.1, 0.15) is 34.1 Å². The average Bonchev–Trinajstić information content (AvgIpc) is 2.86. The van der Waals surface area contributed by atoms with Gasteiger partial charge in [-0.3, -0.25) is 14.5 Å². The quantitative estimate of drug-likeness (QED) is 0.297. The first-order chi connectivity index (χ1) is 11.6. The summed E-state index contributed by atoms with van der Waals surface area (Å²) in [5.41, 5.74) is -0.643. The lowest BCUT2D eigenvalue weighted by atomic mass is 9.92. The number of fused-ring (bicyclic) bond motifs is 1. The van der Waals surface area contributed by atoms with E-state index in [0.29, 0.717) is 4.91 Å². The molecule has 25 heavy (non-hydrogen) atoms. The molecule has 0 aromatic heterocycles. The predicted octanol–water partition coefficient (Wildman–Crippen LogP) is 2.04. The van der Waals surface area contributed by atoms with Crippen LogP contribution >= 0.6 is 23.4 Å². The maximum absolute atomic E-state index is 12.3. The van der Waals surface area contributed by atoms with Gasteiger partial charge < -0.3 is 14.3 Å².